The van der Waals surface area contributed by atoms with Crippen LogP contribution in [-0.2, 0) is 0 Å². The van der Waals surface area contributed by atoms with E-state index in [-0.39, 0.29) is 0 Å². The molecule has 0 unspecified atom stereocenters. The molecule has 6 heteroatoms. The number of aromatic nitrogens is 4. The van der Waals surface area contributed by atoms with E-state index in [1.54, 1.807) is 29.8 Å². The molecule has 16 heavy (non-hydrogen) atoms. The van der Waals surface area contributed by atoms with E-state index in [0.717, 1.165) is 6.29 Å². The number of aldehydes is 1. The van der Waals surface area contributed by atoms with Crippen LogP contribution in [0.5, 0.6) is 5.75 Å². The van der Waals surface area contributed by atoms with E-state index in [4.69, 9.17) is 4.74 Å². The van der Waals surface area contributed by atoms with Crippen LogP contribution in [0.3, 0.4) is 0 Å². The van der Waals surface area contributed by atoms with Gasteiger partial charge in [-0.1, -0.05) is 0 Å². The van der Waals surface area contributed by atoms with E-state index in [2.05, 4.69) is 15.5 Å². The number of hydrogen-bond acceptors (Lipinski definition) is 5. The number of tetrazole rings is 1. The van der Waals surface area contributed by atoms with Crippen LogP contribution in [0.2, 0.25) is 0 Å². The van der Waals surface area contributed by atoms with Crippen LogP contribution in [0.1, 0.15) is 16.2 Å². The molecule has 1 heterocycles. The molecule has 0 bridgehead atoms. The maximum atomic E-state index is 10.6. The van der Waals surface area contributed by atoms with Crippen molar-refractivity contribution in [2.75, 3.05) is 7.11 Å². The van der Waals surface area contributed by atoms with Crippen LogP contribution in [0, 0.1) is 6.92 Å². The van der Waals surface area contributed by atoms with E-state index >= 15 is 0 Å². The maximum absolute atomic E-state index is 10.6. The molecule has 2 aromatic rings. The second-order valence-electron chi connectivity index (χ2n) is 3.19. The molecule has 0 aliphatic carbocycles. The summed E-state index contributed by atoms with van der Waals surface area (Å²) in [6.07, 6.45) is 0.763. The standard InChI is InChI=1S/C10H10N4O2/c1-7-11-12-13-14(7)9-4-3-8(6-15)5-10(9)16-2/h3-6H,1-2H3. The number of carbonyl (C=O) groups excluding carboxylic acids is 1. The predicted octanol–water partition coefficient (Wildman–Crippen LogP) is 0.792. The maximum Gasteiger partial charge on any atom is 0.153 e. The van der Waals surface area contributed by atoms with E-state index in [1.165, 1.54) is 7.11 Å². The summed E-state index contributed by atoms with van der Waals surface area (Å²) in [5, 5.41) is 11.2. The quantitative estimate of drug-likeness (QED) is 0.712. The molecule has 82 valence electrons. The van der Waals surface area contributed by atoms with Gasteiger partial charge in [0, 0.05) is 5.56 Å². The number of methoxy groups -OCH3 is 1. The van der Waals surface area contributed by atoms with Crippen molar-refractivity contribution < 1.29 is 9.53 Å². The summed E-state index contributed by atoms with van der Waals surface area (Å²) < 4.78 is 6.74. The Bertz CT molecular complexity index is 521. The number of ether oxygens (including phenoxy) is 1. The lowest BCUT2D eigenvalue weighted by atomic mass is 10.2. The predicted molar refractivity (Wildman–Crippen MR) is 55.8 cm³/mol. The van der Waals surface area contributed by atoms with Gasteiger partial charge in [0.2, 0.25) is 0 Å². The van der Waals surface area contributed by atoms with E-state index < -0.39 is 0 Å². The molecule has 0 amide bonds. The van der Waals surface area contributed by atoms with Gasteiger partial charge in [-0.3, -0.25) is 4.79 Å². The molecule has 0 saturated heterocycles. The van der Waals surface area contributed by atoms with Gasteiger partial charge in [0.25, 0.3) is 0 Å². The second kappa shape index (κ2) is 4.09. The van der Waals surface area contributed by atoms with Gasteiger partial charge in [0.1, 0.15) is 17.7 Å². The average Bonchev–Trinajstić information content (AvgIpc) is 2.74. The van der Waals surface area contributed by atoms with Gasteiger partial charge in [0.05, 0.1) is 7.11 Å². The van der Waals surface area contributed by atoms with Crippen LogP contribution in [0.4, 0.5) is 0 Å². The lowest BCUT2D eigenvalue weighted by molar-refractivity contribution is 0.112. The van der Waals surface area contributed by atoms with Crippen molar-refractivity contribution in [3.63, 3.8) is 0 Å². The number of benzene rings is 1. The van der Waals surface area contributed by atoms with Crippen molar-refractivity contribution in [2.45, 2.75) is 6.92 Å². The van der Waals surface area contributed by atoms with Gasteiger partial charge in [-0.15, -0.1) is 5.10 Å². The zero-order valence-corrected chi connectivity index (χ0v) is 8.91. The largest absolute Gasteiger partial charge is 0.494 e. The van der Waals surface area contributed by atoms with Crippen LogP contribution in [0.25, 0.3) is 5.69 Å². The number of nitrogens with zero attached hydrogens (tertiary/aromatic N) is 4. The monoisotopic (exact) mass is 218 g/mol. The lowest BCUT2D eigenvalue weighted by Gasteiger charge is -2.08. The third-order valence-electron chi connectivity index (χ3n) is 2.19. The number of rotatable bonds is 3. The van der Waals surface area contributed by atoms with Gasteiger partial charge in [0.15, 0.2) is 5.82 Å². The number of aryl methyl sites for hydroxylation is 1. The summed E-state index contributed by atoms with van der Waals surface area (Å²) in [7, 11) is 1.53. The van der Waals surface area contributed by atoms with E-state index in [0.29, 0.717) is 22.8 Å². The highest BCUT2D eigenvalue weighted by Gasteiger charge is 2.10. The summed E-state index contributed by atoms with van der Waals surface area (Å²) in [6, 6.07) is 5.07. The molecule has 0 radical (unpaired) electrons. The zero-order chi connectivity index (χ0) is 11.5. The topological polar surface area (TPSA) is 69.9 Å². The second-order valence-corrected chi connectivity index (χ2v) is 3.19. The average molecular weight is 218 g/mol. The minimum Gasteiger partial charge on any atom is -0.494 e. The third kappa shape index (κ3) is 1.65. The molecule has 6 nitrogen and oxygen atoms in total. The van der Waals surface area contributed by atoms with Crippen molar-refractivity contribution in [2.24, 2.45) is 0 Å². The van der Waals surface area contributed by atoms with Crippen molar-refractivity contribution in [3.05, 3.63) is 29.6 Å². The van der Waals surface area contributed by atoms with Gasteiger partial charge < -0.3 is 4.74 Å². The summed E-state index contributed by atoms with van der Waals surface area (Å²) >= 11 is 0. The first-order chi connectivity index (χ1) is 7.76. The van der Waals surface area contributed by atoms with Gasteiger partial charge in [-0.25, -0.2) is 0 Å². The Morgan fingerprint density at radius 2 is 2.25 bits per heavy atom. The molecule has 0 fully saturated rings. The normalized spacial score (nSPS) is 10.1. The lowest BCUT2D eigenvalue weighted by Crippen LogP contribution is -2.02. The Morgan fingerprint density at radius 1 is 1.44 bits per heavy atom. The molecule has 0 aliphatic rings. The van der Waals surface area contributed by atoms with Gasteiger partial charge in [-0.2, -0.15) is 4.68 Å². The third-order valence-corrected chi connectivity index (χ3v) is 2.19. The summed E-state index contributed by atoms with van der Waals surface area (Å²) in [5.41, 5.74) is 1.25. The fourth-order valence-corrected chi connectivity index (χ4v) is 1.40. The van der Waals surface area contributed by atoms with Gasteiger partial charge >= 0.3 is 0 Å². The molecule has 0 spiro atoms. The Morgan fingerprint density at radius 3 is 2.81 bits per heavy atom. The molecule has 2 rings (SSSR count). The van der Waals surface area contributed by atoms with Crippen LogP contribution < -0.4 is 4.74 Å². The van der Waals surface area contributed by atoms with Crippen LogP contribution in [0.15, 0.2) is 18.2 Å². The molecule has 1 aromatic heterocycles. The fraction of sp³-hybridized carbons (Fsp3) is 0.200. The highest BCUT2D eigenvalue weighted by Crippen LogP contribution is 2.23. The SMILES string of the molecule is COc1cc(C=O)ccc1-n1nnnc1C. The molecule has 0 atom stereocenters. The Kier molecular flexibility index (Phi) is 2.63. The fourth-order valence-electron chi connectivity index (χ4n) is 1.40. The molecular weight excluding hydrogens is 208 g/mol. The van der Waals surface area contributed by atoms with Crippen molar-refractivity contribution >= 4 is 6.29 Å². The van der Waals surface area contributed by atoms with E-state index in [9.17, 15) is 4.79 Å². The minimum atomic E-state index is 0.548. The highest BCUT2D eigenvalue weighted by molar-refractivity contribution is 5.76. The molecule has 0 saturated carbocycles. The smallest absolute Gasteiger partial charge is 0.153 e. The molecule has 0 N–H and O–H groups in total. The highest BCUT2D eigenvalue weighted by atomic mass is 16.5. The van der Waals surface area contributed by atoms with E-state index in [1.807, 2.05) is 0 Å². The number of hydrogen-bond donors (Lipinski definition) is 0. The Hall–Kier alpha value is -2.24. The Labute approximate surface area is 91.8 Å². The van der Waals surface area contributed by atoms with Crippen LogP contribution >= 0.6 is 0 Å². The van der Waals surface area contributed by atoms with Crippen molar-refractivity contribution in [3.8, 4) is 11.4 Å². The first-order valence-corrected chi connectivity index (χ1v) is 4.65. The minimum absolute atomic E-state index is 0.548. The zero-order valence-electron chi connectivity index (χ0n) is 8.91. The van der Waals surface area contributed by atoms with Crippen molar-refractivity contribution in [1.29, 1.82) is 0 Å². The first-order valence-electron chi connectivity index (χ1n) is 4.65. The summed E-state index contributed by atoms with van der Waals surface area (Å²) in [6.45, 7) is 1.78. The molecule has 1 aromatic carbocycles. The molecule has 0 aliphatic heterocycles. The van der Waals surface area contributed by atoms with Crippen molar-refractivity contribution in [1.82, 2.24) is 20.2 Å². The first kappa shape index (κ1) is 10.3. The van der Waals surface area contributed by atoms with Gasteiger partial charge in [-0.05, 0) is 35.5 Å². The molecular formula is C10H10N4O2. The Balaban J connectivity index is 2.57. The van der Waals surface area contributed by atoms with Crippen LogP contribution in [-0.4, -0.2) is 33.6 Å². The number of carbonyl (C=O) groups is 1. The summed E-state index contributed by atoms with van der Waals surface area (Å²) in [5.74, 6) is 1.21. The summed E-state index contributed by atoms with van der Waals surface area (Å²) in [4.78, 5) is 10.6.